The molecule has 0 saturated carbocycles. The summed E-state index contributed by atoms with van der Waals surface area (Å²) in [6.07, 6.45) is -10.2. The molecule has 2 rings (SSSR count). The van der Waals surface area contributed by atoms with Crippen LogP contribution in [0.25, 0.3) is 0 Å². The molecule has 1 heterocycles. The monoisotopic (exact) mass is 440 g/mol. The van der Waals surface area contributed by atoms with Crippen LogP contribution in [0.1, 0.15) is 25.1 Å². The molecule has 0 bridgehead atoms. The smallest absolute Gasteiger partial charge is 0.468 e. The molecule has 0 aliphatic heterocycles. The zero-order valence-electron chi connectivity index (χ0n) is 15.2. The highest BCUT2D eigenvalue weighted by atomic mass is 32.1. The van der Waals surface area contributed by atoms with Crippen molar-refractivity contribution in [1.82, 2.24) is 4.98 Å². The summed E-state index contributed by atoms with van der Waals surface area (Å²) in [7, 11) is 1.17. The second kappa shape index (κ2) is 7.65. The van der Waals surface area contributed by atoms with Crippen LogP contribution >= 0.6 is 11.3 Å². The molecule has 0 aliphatic rings. The SMILES string of the molecule is COC(=O)C(C)(C)c1ccc(N(C(=O)C(F)(F)F)c2nc(C(F)(F)F)cs2)cc1. The molecule has 0 fully saturated rings. The Bertz CT molecular complexity index is 903. The number of benzene rings is 1. The average Bonchev–Trinajstić information content (AvgIpc) is 3.11. The number of esters is 1. The van der Waals surface area contributed by atoms with Gasteiger partial charge in [-0.1, -0.05) is 12.1 Å². The number of carbonyl (C=O) groups is 2. The summed E-state index contributed by atoms with van der Waals surface area (Å²) in [6, 6.07) is 4.72. The van der Waals surface area contributed by atoms with Gasteiger partial charge >= 0.3 is 24.2 Å². The lowest BCUT2D eigenvalue weighted by molar-refractivity contribution is -0.169. The van der Waals surface area contributed by atoms with Crippen LogP contribution in [0.2, 0.25) is 0 Å². The summed E-state index contributed by atoms with van der Waals surface area (Å²) in [5.74, 6) is -3.01. The van der Waals surface area contributed by atoms with E-state index in [-0.39, 0.29) is 21.9 Å². The number of amides is 1. The number of ether oxygens (including phenoxy) is 1. The summed E-state index contributed by atoms with van der Waals surface area (Å²) in [5, 5.41) is -0.277. The first kappa shape index (κ1) is 22.7. The molecule has 0 aliphatic carbocycles. The maximum Gasteiger partial charge on any atom is 0.472 e. The normalized spacial score (nSPS) is 12.6. The number of halogens is 6. The number of alkyl halides is 6. The lowest BCUT2D eigenvalue weighted by Gasteiger charge is -2.24. The van der Waals surface area contributed by atoms with Crippen molar-refractivity contribution in [3.8, 4) is 0 Å². The summed E-state index contributed by atoms with van der Waals surface area (Å²) < 4.78 is 82.1. The molecule has 0 saturated heterocycles. The highest BCUT2D eigenvalue weighted by Crippen LogP contribution is 2.38. The second-order valence-corrected chi connectivity index (χ2v) is 7.15. The van der Waals surface area contributed by atoms with Gasteiger partial charge in [0.15, 0.2) is 10.8 Å². The number of rotatable bonds is 4. The zero-order chi connectivity index (χ0) is 22.2. The van der Waals surface area contributed by atoms with E-state index < -0.39 is 40.5 Å². The van der Waals surface area contributed by atoms with Gasteiger partial charge in [-0.2, -0.15) is 26.3 Å². The topological polar surface area (TPSA) is 59.5 Å². The maximum absolute atomic E-state index is 13.0. The van der Waals surface area contributed by atoms with Crippen LogP contribution in [-0.2, 0) is 25.9 Å². The number of aromatic nitrogens is 1. The molecule has 0 N–H and O–H groups in total. The first-order chi connectivity index (χ1) is 13.2. The molecule has 0 radical (unpaired) electrons. The van der Waals surface area contributed by atoms with Crippen LogP contribution in [-0.4, -0.2) is 30.1 Å². The third kappa shape index (κ3) is 4.69. The van der Waals surface area contributed by atoms with E-state index in [1.165, 1.54) is 33.1 Å². The third-order valence-electron chi connectivity index (χ3n) is 3.96. The lowest BCUT2D eigenvalue weighted by Crippen LogP contribution is -2.38. The van der Waals surface area contributed by atoms with Gasteiger partial charge in [-0.3, -0.25) is 9.59 Å². The molecule has 1 aromatic carbocycles. The van der Waals surface area contributed by atoms with Crippen molar-refractivity contribution in [3.63, 3.8) is 0 Å². The Morgan fingerprint density at radius 2 is 1.59 bits per heavy atom. The number of anilines is 2. The fourth-order valence-corrected chi connectivity index (χ4v) is 3.19. The molecule has 1 aromatic heterocycles. The van der Waals surface area contributed by atoms with E-state index in [4.69, 9.17) is 0 Å². The van der Waals surface area contributed by atoms with Crippen molar-refractivity contribution in [3.05, 3.63) is 40.9 Å². The van der Waals surface area contributed by atoms with Gasteiger partial charge in [0, 0.05) is 5.38 Å². The molecular formula is C17H14F6N2O3S. The van der Waals surface area contributed by atoms with E-state index >= 15 is 0 Å². The Balaban J connectivity index is 2.52. The van der Waals surface area contributed by atoms with Crippen molar-refractivity contribution >= 4 is 34.0 Å². The molecule has 158 valence electrons. The zero-order valence-corrected chi connectivity index (χ0v) is 16.0. The van der Waals surface area contributed by atoms with Crippen molar-refractivity contribution < 1.29 is 40.7 Å². The van der Waals surface area contributed by atoms with Crippen LogP contribution in [0.4, 0.5) is 37.2 Å². The Labute approximate surface area is 164 Å². The summed E-state index contributed by atoms with van der Waals surface area (Å²) in [4.78, 5) is 26.9. The molecule has 5 nitrogen and oxygen atoms in total. The fourth-order valence-electron chi connectivity index (χ4n) is 2.34. The van der Waals surface area contributed by atoms with Gasteiger partial charge in [0.1, 0.15) is 0 Å². The van der Waals surface area contributed by atoms with E-state index in [1.54, 1.807) is 0 Å². The third-order valence-corrected chi connectivity index (χ3v) is 4.79. The van der Waals surface area contributed by atoms with E-state index in [0.717, 1.165) is 12.1 Å². The van der Waals surface area contributed by atoms with E-state index in [0.29, 0.717) is 10.9 Å². The first-order valence-electron chi connectivity index (χ1n) is 7.82. The van der Waals surface area contributed by atoms with Gasteiger partial charge in [0.2, 0.25) is 0 Å². The van der Waals surface area contributed by atoms with Crippen molar-refractivity contribution in [1.29, 1.82) is 0 Å². The molecule has 0 spiro atoms. The Morgan fingerprint density at radius 1 is 1.03 bits per heavy atom. The standard InChI is InChI=1S/C17H14F6N2O3S/c1-15(2,13(27)28-3)9-4-6-10(7-5-9)25(12(26)17(21,22)23)14-24-11(8-29-14)16(18,19)20/h4-8H,1-3H3. The van der Waals surface area contributed by atoms with E-state index in [2.05, 4.69) is 9.72 Å². The highest BCUT2D eigenvalue weighted by Gasteiger charge is 2.45. The molecule has 1 amide bonds. The number of nitrogens with zero attached hydrogens (tertiary/aromatic N) is 2. The predicted molar refractivity (Wildman–Crippen MR) is 91.8 cm³/mol. The number of hydrogen-bond acceptors (Lipinski definition) is 5. The van der Waals surface area contributed by atoms with Gasteiger partial charge in [0.05, 0.1) is 18.2 Å². The molecule has 12 heteroatoms. The summed E-state index contributed by atoms with van der Waals surface area (Å²) in [6.45, 7) is 3.03. The van der Waals surface area contributed by atoms with Gasteiger partial charge < -0.3 is 4.74 Å². The molecular weight excluding hydrogens is 426 g/mol. The summed E-state index contributed by atoms with van der Waals surface area (Å²) >= 11 is 0.242. The van der Waals surface area contributed by atoms with Crippen molar-refractivity contribution in [2.24, 2.45) is 0 Å². The molecule has 0 atom stereocenters. The van der Waals surface area contributed by atoms with E-state index in [9.17, 15) is 35.9 Å². The Kier molecular flexibility index (Phi) is 5.98. The molecule has 0 unspecified atom stereocenters. The quantitative estimate of drug-likeness (QED) is 0.504. The molecule has 29 heavy (non-hydrogen) atoms. The number of methoxy groups -OCH3 is 1. The van der Waals surface area contributed by atoms with E-state index in [1.807, 2.05) is 0 Å². The van der Waals surface area contributed by atoms with Crippen LogP contribution in [0.15, 0.2) is 29.6 Å². The molecule has 2 aromatic rings. The summed E-state index contributed by atoms with van der Waals surface area (Å²) in [5.41, 5.74) is -2.56. The minimum Gasteiger partial charge on any atom is -0.468 e. The average molecular weight is 440 g/mol. The maximum atomic E-state index is 13.0. The number of carbonyl (C=O) groups excluding carboxylic acids is 2. The van der Waals surface area contributed by atoms with Gasteiger partial charge in [-0.05, 0) is 31.5 Å². The van der Waals surface area contributed by atoms with Crippen molar-refractivity contribution in [2.45, 2.75) is 31.6 Å². The van der Waals surface area contributed by atoms with Gasteiger partial charge in [0.25, 0.3) is 0 Å². The number of thiazole rings is 1. The van der Waals surface area contributed by atoms with Crippen LogP contribution in [0.3, 0.4) is 0 Å². The first-order valence-corrected chi connectivity index (χ1v) is 8.70. The fraction of sp³-hybridized carbons (Fsp3) is 0.353. The highest BCUT2D eigenvalue weighted by molar-refractivity contribution is 7.14. The van der Waals surface area contributed by atoms with Crippen LogP contribution < -0.4 is 4.90 Å². The predicted octanol–water partition coefficient (Wildman–Crippen LogP) is 4.84. The second-order valence-electron chi connectivity index (χ2n) is 6.31. The minimum atomic E-state index is -5.35. The minimum absolute atomic E-state index is 0.0504. The number of hydrogen-bond donors (Lipinski definition) is 0. The van der Waals surface area contributed by atoms with Gasteiger partial charge in [-0.25, -0.2) is 9.88 Å². The van der Waals surface area contributed by atoms with Crippen LogP contribution in [0, 0.1) is 0 Å². The largest absolute Gasteiger partial charge is 0.472 e. The Morgan fingerprint density at radius 3 is 2.00 bits per heavy atom. The van der Waals surface area contributed by atoms with Gasteiger partial charge in [-0.15, -0.1) is 11.3 Å². The van der Waals surface area contributed by atoms with Crippen LogP contribution in [0.5, 0.6) is 0 Å². The Hall–Kier alpha value is -2.63. The lowest BCUT2D eigenvalue weighted by atomic mass is 9.84. The van der Waals surface area contributed by atoms with Crippen molar-refractivity contribution in [2.75, 3.05) is 12.0 Å².